The SMILES string of the molecule is Cc1nc(COc2ccc(C(=O)N(CCC(=O)O)C3CC3)cc2)cs1. The number of nitrogens with zero attached hydrogens (tertiary/aromatic N) is 2. The number of carbonyl (C=O) groups excluding carboxylic acids is 1. The van der Waals surface area contributed by atoms with Crippen molar-refractivity contribution in [2.45, 2.75) is 38.8 Å². The molecule has 2 aromatic rings. The Morgan fingerprint density at radius 1 is 1.32 bits per heavy atom. The third-order valence-corrected chi connectivity index (χ3v) is 4.79. The number of rotatable bonds is 8. The number of amides is 1. The molecule has 0 radical (unpaired) electrons. The molecule has 1 amide bonds. The lowest BCUT2D eigenvalue weighted by atomic mass is 10.2. The van der Waals surface area contributed by atoms with Crippen LogP contribution in [0, 0.1) is 6.92 Å². The number of ether oxygens (including phenoxy) is 1. The molecule has 0 saturated heterocycles. The molecule has 7 heteroatoms. The van der Waals surface area contributed by atoms with Crippen LogP contribution in [0.3, 0.4) is 0 Å². The van der Waals surface area contributed by atoms with Crippen LogP contribution in [0.1, 0.15) is 40.3 Å². The molecule has 1 aromatic heterocycles. The zero-order valence-corrected chi connectivity index (χ0v) is 14.8. The summed E-state index contributed by atoms with van der Waals surface area (Å²) >= 11 is 1.58. The lowest BCUT2D eigenvalue weighted by molar-refractivity contribution is -0.137. The second kappa shape index (κ2) is 7.65. The Balaban J connectivity index is 1.60. The van der Waals surface area contributed by atoms with Crippen LogP contribution >= 0.6 is 11.3 Å². The fourth-order valence-electron chi connectivity index (χ4n) is 2.54. The summed E-state index contributed by atoms with van der Waals surface area (Å²) in [6.45, 7) is 2.59. The molecule has 6 nitrogen and oxygen atoms in total. The Labute approximate surface area is 150 Å². The maximum atomic E-state index is 12.6. The van der Waals surface area contributed by atoms with Crippen LogP contribution in [0.15, 0.2) is 29.6 Å². The third-order valence-electron chi connectivity index (χ3n) is 3.97. The van der Waals surface area contributed by atoms with Crippen LogP contribution in [-0.2, 0) is 11.4 Å². The van der Waals surface area contributed by atoms with E-state index >= 15 is 0 Å². The van der Waals surface area contributed by atoms with Gasteiger partial charge < -0.3 is 14.7 Å². The Kier molecular flexibility index (Phi) is 5.33. The van der Waals surface area contributed by atoms with Gasteiger partial charge in [0.15, 0.2) is 0 Å². The van der Waals surface area contributed by atoms with Gasteiger partial charge in [-0.15, -0.1) is 11.3 Å². The van der Waals surface area contributed by atoms with Crippen LogP contribution in [0.5, 0.6) is 5.75 Å². The number of aromatic nitrogens is 1. The highest BCUT2D eigenvalue weighted by Crippen LogP contribution is 2.28. The van der Waals surface area contributed by atoms with Crippen molar-refractivity contribution >= 4 is 23.2 Å². The number of hydrogen-bond donors (Lipinski definition) is 1. The van der Waals surface area contributed by atoms with Crippen molar-refractivity contribution in [1.82, 2.24) is 9.88 Å². The topological polar surface area (TPSA) is 79.7 Å². The number of thiazole rings is 1. The van der Waals surface area contributed by atoms with Gasteiger partial charge in [0.1, 0.15) is 12.4 Å². The molecule has 0 spiro atoms. The van der Waals surface area contributed by atoms with Crippen molar-refractivity contribution in [3.05, 3.63) is 45.9 Å². The van der Waals surface area contributed by atoms with Gasteiger partial charge >= 0.3 is 5.97 Å². The third kappa shape index (κ3) is 4.79. The van der Waals surface area contributed by atoms with Gasteiger partial charge in [-0.3, -0.25) is 9.59 Å². The van der Waals surface area contributed by atoms with Gasteiger partial charge in [0.2, 0.25) is 0 Å². The molecular weight excluding hydrogens is 340 g/mol. The minimum absolute atomic E-state index is 0.0313. The molecular formula is C18H20N2O4S. The van der Waals surface area contributed by atoms with Gasteiger partial charge in [-0.2, -0.15) is 0 Å². The van der Waals surface area contributed by atoms with E-state index in [9.17, 15) is 9.59 Å². The maximum absolute atomic E-state index is 12.6. The summed E-state index contributed by atoms with van der Waals surface area (Å²) in [5, 5.41) is 11.8. The van der Waals surface area contributed by atoms with Crippen molar-refractivity contribution in [1.29, 1.82) is 0 Å². The van der Waals surface area contributed by atoms with Gasteiger partial charge in [0.05, 0.1) is 17.1 Å². The Bertz CT molecular complexity index is 753. The molecule has 1 aromatic carbocycles. The summed E-state index contributed by atoms with van der Waals surface area (Å²) in [6.07, 6.45) is 1.86. The largest absolute Gasteiger partial charge is 0.487 e. The number of carboxylic acids is 1. The second-order valence-corrected chi connectivity index (χ2v) is 7.11. The van der Waals surface area contributed by atoms with Gasteiger partial charge in [-0.25, -0.2) is 4.98 Å². The zero-order valence-electron chi connectivity index (χ0n) is 14.0. The van der Waals surface area contributed by atoms with Crippen molar-refractivity contribution in [2.75, 3.05) is 6.54 Å². The molecule has 0 atom stereocenters. The Morgan fingerprint density at radius 3 is 2.60 bits per heavy atom. The summed E-state index contributed by atoms with van der Waals surface area (Å²) < 4.78 is 5.68. The minimum Gasteiger partial charge on any atom is -0.487 e. The summed E-state index contributed by atoms with van der Waals surface area (Å²) in [5.74, 6) is -0.337. The van der Waals surface area contributed by atoms with E-state index in [-0.39, 0.29) is 24.9 Å². The van der Waals surface area contributed by atoms with Crippen LogP contribution in [-0.4, -0.2) is 39.5 Å². The molecule has 0 aliphatic heterocycles. The van der Waals surface area contributed by atoms with Crippen LogP contribution in [0.25, 0.3) is 0 Å². The van der Waals surface area contributed by atoms with Gasteiger partial charge in [-0.1, -0.05) is 0 Å². The lowest BCUT2D eigenvalue weighted by Crippen LogP contribution is -2.34. The Hall–Kier alpha value is -2.41. The highest BCUT2D eigenvalue weighted by molar-refractivity contribution is 7.09. The van der Waals surface area contributed by atoms with Crippen molar-refractivity contribution in [3.63, 3.8) is 0 Å². The number of carbonyl (C=O) groups is 2. The zero-order chi connectivity index (χ0) is 17.8. The first-order valence-electron chi connectivity index (χ1n) is 8.19. The van der Waals surface area contributed by atoms with Crippen LogP contribution < -0.4 is 4.74 Å². The van der Waals surface area contributed by atoms with Gasteiger partial charge in [-0.05, 0) is 44.0 Å². The van der Waals surface area contributed by atoms with Crippen LogP contribution in [0.4, 0.5) is 0 Å². The van der Waals surface area contributed by atoms with E-state index in [0.29, 0.717) is 17.9 Å². The smallest absolute Gasteiger partial charge is 0.305 e. The number of aryl methyl sites for hydroxylation is 1. The summed E-state index contributed by atoms with van der Waals surface area (Å²) in [6, 6.07) is 7.14. The van der Waals surface area contributed by atoms with Crippen LogP contribution in [0.2, 0.25) is 0 Å². The van der Waals surface area contributed by atoms with E-state index < -0.39 is 5.97 Å². The summed E-state index contributed by atoms with van der Waals surface area (Å²) in [5.41, 5.74) is 1.44. The predicted octanol–water partition coefficient (Wildman–Crippen LogP) is 3.11. The quantitative estimate of drug-likeness (QED) is 0.782. The first-order valence-corrected chi connectivity index (χ1v) is 9.07. The first kappa shape index (κ1) is 17.4. The van der Waals surface area contributed by atoms with Crippen molar-refractivity contribution in [3.8, 4) is 5.75 Å². The molecule has 0 bridgehead atoms. The lowest BCUT2D eigenvalue weighted by Gasteiger charge is -2.21. The van der Waals surface area contributed by atoms with Crippen molar-refractivity contribution in [2.24, 2.45) is 0 Å². The molecule has 132 valence electrons. The maximum Gasteiger partial charge on any atom is 0.305 e. The monoisotopic (exact) mass is 360 g/mol. The fraction of sp³-hybridized carbons (Fsp3) is 0.389. The number of benzene rings is 1. The molecule has 0 unspecified atom stereocenters. The number of carboxylic acid groups (broad SMARTS) is 1. The predicted molar refractivity (Wildman–Crippen MR) is 93.9 cm³/mol. The molecule has 1 heterocycles. The highest BCUT2D eigenvalue weighted by atomic mass is 32.1. The van der Waals surface area contributed by atoms with E-state index in [1.807, 2.05) is 12.3 Å². The molecule has 1 aliphatic rings. The average Bonchev–Trinajstić information content (AvgIpc) is 3.34. The van der Waals surface area contributed by atoms with E-state index in [4.69, 9.17) is 9.84 Å². The summed E-state index contributed by atoms with van der Waals surface area (Å²) in [4.78, 5) is 29.4. The average molecular weight is 360 g/mol. The molecule has 25 heavy (non-hydrogen) atoms. The standard InChI is InChI=1S/C18H20N2O4S/c1-12-19-14(11-25-12)10-24-16-6-2-13(3-7-16)18(23)20(15-4-5-15)9-8-17(21)22/h2-3,6-7,11,15H,4-5,8-10H2,1H3,(H,21,22). The number of aliphatic carboxylic acids is 1. The summed E-state index contributed by atoms with van der Waals surface area (Å²) in [7, 11) is 0. The first-order chi connectivity index (χ1) is 12.0. The Morgan fingerprint density at radius 2 is 2.04 bits per heavy atom. The normalized spacial score (nSPS) is 13.5. The van der Waals surface area contributed by atoms with E-state index in [0.717, 1.165) is 23.5 Å². The molecule has 3 rings (SSSR count). The molecule has 1 fully saturated rings. The van der Waals surface area contributed by atoms with Gasteiger partial charge in [0.25, 0.3) is 5.91 Å². The minimum atomic E-state index is -0.889. The van der Waals surface area contributed by atoms with Crippen molar-refractivity contribution < 1.29 is 19.4 Å². The fourth-order valence-corrected chi connectivity index (χ4v) is 3.14. The highest BCUT2D eigenvalue weighted by Gasteiger charge is 2.33. The number of hydrogen-bond acceptors (Lipinski definition) is 5. The van der Waals surface area contributed by atoms with E-state index in [1.165, 1.54) is 0 Å². The van der Waals surface area contributed by atoms with E-state index in [2.05, 4.69) is 4.98 Å². The van der Waals surface area contributed by atoms with Gasteiger partial charge in [0, 0.05) is 23.5 Å². The molecule has 1 saturated carbocycles. The second-order valence-electron chi connectivity index (χ2n) is 6.04. The van der Waals surface area contributed by atoms with E-state index in [1.54, 1.807) is 40.5 Å². The molecule has 1 N–H and O–H groups in total. The molecule has 1 aliphatic carbocycles.